The molecule has 1 aliphatic carbocycles. The first-order valence-electron chi connectivity index (χ1n) is 10.7. The Morgan fingerprint density at radius 2 is 1.87 bits per heavy atom. The van der Waals surface area contributed by atoms with Crippen LogP contribution in [0.2, 0.25) is 0 Å². The smallest absolute Gasteiger partial charge is 0.251 e. The minimum absolute atomic E-state index is 0.00437. The highest BCUT2D eigenvalue weighted by Gasteiger charge is 2.27. The van der Waals surface area contributed by atoms with Crippen LogP contribution in [0.4, 0.5) is 11.5 Å². The molecule has 31 heavy (non-hydrogen) atoms. The molecule has 1 saturated heterocycles. The number of carbonyl (C=O) groups excluding carboxylic acids is 2. The summed E-state index contributed by atoms with van der Waals surface area (Å²) in [6.07, 6.45) is 5.16. The molecule has 2 aliphatic rings. The van der Waals surface area contributed by atoms with Crippen molar-refractivity contribution in [2.24, 2.45) is 5.92 Å². The quantitative estimate of drug-likeness (QED) is 0.657. The summed E-state index contributed by atoms with van der Waals surface area (Å²) in [5, 5.41) is 18.4. The summed E-state index contributed by atoms with van der Waals surface area (Å²) in [5.74, 6) is 0.711. The molecule has 2 N–H and O–H groups in total. The minimum atomic E-state index is -0.0798. The minimum Gasteiger partial charge on any atom is -0.355 e. The van der Waals surface area contributed by atoms with Crippen LogP contribution < -0.4 is 15.5 Å². The van der Waals surface area contributed by atoms with Gasteiger partial charge < -0.3 is 15.5 Å². The van der Waals surface area contributed by atoms with Crippen molar-refractivity contribution in [1.29, 1.82) is 0 Å². The van der Waals surface area contributed by atoms with Crippen LogP contribution in [0, 0.1) is 12.8 Å². The lowest BCUT2D eigenvalue weighted by molar-refractivity contribution is -0.120. The van der Waals surface area contributed by atoms with E-state index in [-0.39, 0.29) is 17.7 Å². The first-order chi connectivity index (χ1) is 15.1. The van der Waals surface area contributed by atoms with E-state index in [2.05, 4.69) is 30.8 Å². The normalized spacial score (nSPS) is 17.0. The molecule has 3 aromatic rings. The second-order valence-corrected chi connectivity index (χ2v) is 8.35. The van der Waals surface area contributed by atoms with Crippen molar-refractivity contribution in [3.8, 4) is 0 Å². The molecule has 0 unspecified atom stereocenters. The van der Waals surface area contributed by atoms with Crippen molar-refractivity contribution >= 4 is 29.0 Å². The highest BCUT2D eigenvalue weighted by Crippen LogP contribution is 2.25. The lowest BCUT2D eigenvalue weighted by atomic mass is 9.95. The predicted octanol–water partition coefficient (Wildman–Crippen LogP) is 2.18. The van der Waals surface area contributed by atoms with E-state index in [1.807, 2.05) is 25.1 Å². The maximum atomic E-state index is 12.9. The number of hydrogen-bond donors (Lipinski definition) is 2. The maximum Gasteiger partial charge on any atom is 0.251 e. The Morgan fingerprint density at radius 3 is 2.65 bits per heavy atom. The van der Waals surface area contributed by atoms with Gasteiger partial charge in [-0.2, -0.15) is 4.52 Å². The number of piperidine rings is 1. The van der Waals surface area contributed by atoms with Crippen LogP contribution in [-0.2, 0) is 4.79 Å². The number of nitrogens with one attached hydrogen (secondary N) is 2. The summed E-state index contributed by atoms with van der Waals surface area (Å²) in [6.45, 7) is 3.44. The van der Waals surface area contributed by atoms with E-state index in [9.17, 15) is 9.59 Å². The Balaban J connectivity index is 1.21. The van der Waals surface area contributed by atoms with E-state index in [0.717, 1.165) is 50.2 Å². The summed E-state index contributed by atoms with van der Waals surface area (Å²) in [7, 11) is 0. The molecule has 9 nitrogen and oxygen atoms in total. The molecule has 2 fully saturated rings. The molecule has 1 aliphatic heterocycles. The molecule has 0 spiro atoms. The number of anilines is 2. The molecule has 3 heterocycles. The van der Waals surface area contributed by atoms with Gasteiger partial charge in [-0.05, 0) is 62.4 Å². The maximum absolute atomic E-state index is 12.9. The van der Waals surface area contributed by atoms with Crippen molar-refractivity contribution in [2.75, 3.05) is 23.3 Å². The molecule has 0 bridgehead atoms. The van der Waals surface area contributed by atoms with Crippen LogP contribution in [0.1, 0.15) is 41.6 Å². The molecular formula is C22H25N7O2. The first-order valence-corrected chi connectivity index (χ1v) is 10.7. The predicted molar refractivity (Wildman–Crippen MR) is 116 cm³/mol. The van der Waals surface area contributed by atoms with Gasteiger partial charge in [-0.25, -0.2) is 0 Å². The van der Waals surface area contributed by atoms with Crippen molar-refractivity contribution < 1.29 is 9.59 Å². The number of amides is 2. The van der Waals surface area contributed by atoms with Crippen molar-refractivity contribution in [3.05, 3.63) is 47.8 Å². The van der Waals surface area contributed by atoms with Crippen molar-refractivity contribution in [1.82, 2.24) is 25.1 Å². The molecule has 5 rings (SSSR count). The van der Waals surface area contributed by atoms with Crippen LogP contribution in [0.15, 0.2) is 36.7 Å². The highest BCUT2D eigenvalue weighted by atomic mass is 16.2. The third kappa shape index (κ3) is 4.21. The van der Waals surface area contributed by atoms with E-state index >= 15 is 0 Å². The highest BCUT2D eigenvalue weighted by molar-refractivity contribution is 5.98. The number of fused-ring (bicyclic) bond motifs is 1. The first kappa shape index (κ1) is 19.5. The number of benzene rings is 1. The van der Waals surface area contributed by atoms with Crippen LogP contribution in [-0.4, -0.2) is 50.8 Å². The Kier molecular flexibility index (Phi) is 5.01. The number of carbonyl (C=O) groups is 2. The molecule has 2 aromatic heterocycles. The van der Waals surface area contributed by atoms with E-state index in [0.29, 0.717) is 22.9 Å². The van der Waals surface area contributed by atoms with E-state index < -0.39 is 0 Å². The Bertz CT molecular complexity index is 1130. The summed E-state index contributed by atoms with van der Waals surface area (Å²) >= 11 is 0. The van der Waals surface area contributed by atoms with Gasteiger partial charge in [0.15, 0.2) is 5.65 Å². The number of aromatic nitrogens is 4. The zero-order valence-corrected chi connectivity index (χ0v) is 17.4. The van der Waals surface area contributed by atoms with Gasteiger partial charge in [-0.3, -0.25) is 9.59 Å². The van der Waals surface area contributed by atoms with Gasteiger partial charge in [0, 0.05) is 36.3 Å². The average molecular weight is 419 g/mol. The molecular weight excluding hydrogens is 394 g/mol. The zero-order valence-electron chi connectivity index (χ0n) is 17.4. The molecule has 9 heteroatoms. The van der Waals surface area contributed by atoms with Crippen LogP contribution in [0.3, 0.4) is 0 Å². The molecule has 0 atom stereocenters. The van der Waals surface area contributed by atoms with Gasteiger partial charge in [-0.1, -0.05) is 6.07 Å². The third-order valence-electron chi connectivity index (χ3n) is 6.01. The van der Waals surface area contributed by atoms with Gasteiger partial charge in [0.2, 0.25) is 5.91 Å². The largest absolute Gasteiger partial charge is 0.355 e. The van der Waals surface area contributed by atoms with Crippen molar-refractivity contribution in [2.45, 2.75) is 38.6 Å². The van der Waals surface area contributed by atoms with Gasteiger partial charge in [-0.15, -0.1) is 15.3 Å². The van der Waals surface area contributed by atoms with Crippen LogP contribution >= 0.6 is 0 Å². The topological polar surface area (TPSA) is 105 Å². The van der Waals surface area contributed by atoms with Gasteiger partial charge in [0.25, 0.3) is 5.91 Å². The second kappa shape index (κ2) is 7.98. The molecule has 2 amide bonds. The number of hydrogen-bond acceptors (Lipinski definition) is 6. The SMILES string of the molecule is Cc1ccc(C(=O)NC2CC2)cc1NC(=O)C1CCN(c2ccc3nncn3n2)CC1. The van der Waals surface area contributed by atoms with E-state index in [1.165, 1.54) is 0 Å². The van der Waals surface area contributed by atoms with Crippen LogP contribution in [0.25, 0.3) is 5.65 Å². The summed E-state index contributed by atoms with van der Waals surface area (Å²) in [5.41, 5.74) is 2.94. The summed E-state index contributed by atoms with van der Waals surface area (Å²) < 4.78 is 1.66. The van der Waals surface area contributed by atoms with Gasteiger partial charge >= 0.3 is 0 Å². The fourth-order valence-electron chi connectivity index (χ4n) is 3.89. The van der Waals surface area contributed by atoms with Crippen LogP contribution in [0.5, 0.6) is 0 Å². The Labute approximate surface area is 179 Å². The zero-order chi connectivity index (χ0) is 21.4. The monoisotopic (exact) mass is 419 g/mol. The molecule has 1 saturated carbocycles. The van der Waals surface area contributed by atoms with Gasteiger partial charge in [0.1, 0.15) is 12.1 Å². The van der Waals surface area contributed by atoms with E-state index in [1.54, 1.807) is 23.0 Å². The van der Waals surface area contributed by atoms with E-state index in [4.69, 9.17) is 0 Å². The molecule has 1 aromatic carbocycles. The lowest BCUT2D eigenvalue weighted by Gasteiger charge is -2.32. The second-order valence-electron chi connectivity index (χ2n) is 8.35. The Morgan fingerprint density at radius 1 is 1.06 bits per heavy atom. The summed E-state index contributed by atoms with van der Waals surface area (Å²) in [4.78, 5) is 27.4. The van der Waals surface area contributed by atoms with Gasteiger partial charge in [0.05, 0.1) is 0 Å². The fraction of sp³-hybridized carbons (Fsp3) is 0.409. The number of nitrogens with zero attached hydrogens (tertiary/aromatic N) is 5. The molecule has 0 radical (unpaired) electrons. The fourth-order valence-corrected chi connectivity index (χ4v) is 3.89. The Hall–Kier alpha value is -3.49. The van der Waals surface area contributed by atoms with Crippen molar-refractivity contribution in [3.63, 3.8) is 0 Å². The lowest BCUT2D eigenvalue weighted by Crippen LogP contribution is -2.38. The number of rotatable bonds is 5. The summed E-state index contributed by atoms with van der Waals surface area (Å²) in [6, 6.07) is 9.60. The number of aryl methyl sites for hydroxylation is 1. The standard InChI is InChI=1S/C22H25N7O2/c1-14-2-3-16(22(31)24-17-4-5-17)12-18(14)25-21(30)15-8-10-28(11-9-15)20-7-6-19-26-23-13-29(19)27-20/h2-3,6-7,12-13,15,17H,4-5,8-11H2,1H3,(H,24,31)(H,25,30). The third-order valence-corrected chi connectivity index (χ3v) is 6.01. The molecule has 160 valence electrons. The average Bonchev–Trinajstić information content (AvgIpc) is 3.47.